The van der Waals surface area contributed by atoms with E-state index in [-0.39, 0.29) is 10.8 Å². The Balaban J connectivity index is 2.09. The van der Waals surface area contributed by atoms with Gasteiger partial charge >= 0.3 is 0 Å². The summed E-state index contributed by atoms with van der Waals surface area (Å²) in [6.45, 7) is 7.86. The third kappa shape index (κ3) is 3.79. The van der Waals surface area contributed by atoms with Gasteiger partial charge in [-0.15, -0.1) is 16.1 Å². The van der Waals surface area contributed by atoms with E-state index in [2.05, 4.69) is 14.7 Å². The van der Waals surface area contributed by atoms with Crippen LogP contribution in [-0.2, 0) is 11.4 Å². The van der Waals surface area contributed by atoms with Crippen molar-refractivity contribution >= 4 is 22.7 Å². The molecule has 2 heterocycles. The van der Waals surface area contributed by atoms with Crippen molar-refractivity contribution in [2.45, 2.75) is 38.5 Å². The van der Waals surface area contributed by atoms with E-state index >= 15 is 0 Å². The molecule has 1 N–H and O–H groups in total. The van der Waals surface area contributed by atoms with Crippen LogP contribution >= 0.6 is 11.3 Å². The van der Waals surface area contributed by atoms with Gasteiger partial charge in [-0.25, -0.2) is 4.98 Å². The summed E-state index contributed by atoms with van der Waals surface area (Å²) in [4.78, 5) is 9.74. The predicted molar refractivity (Wildman–Crippen MR) is 84.8 cm³/mol. The molecule has 0 aliphatic heterocycles. The minimum Gasteiger partial charge on any atom is -0.598 e. The van der Waals surface area contributed by atoms with E-state index in [1.165, 1.54) is 0 Å². The maximum Gasteiger partial charge on any atom is 0.142 e. The first kappa shape index (κ1) is 15.4. The molecule has 2 aromatic rings. The second-order valence-corrected chi connectivity index (χ2v) is 8.56. The smallest absolute Gasteiger partial charge is 0.142 e. The van der Waals surface area contributed by atoms with Crippen LogP contribution in [-0.4, -0.2) is 19.3 Å². The molecule has 2 atom stereocenters. The number of pyridine rings is 1. The topological polar surface area (TPSA) is 60.9 Å². The Morgan fingerprint density at radius 3 is 2.65 bits per heavy atom. The average Bonchev–Trinajstić information content (AvgIpc) is 2.88. The molecule has 6 heteroatoms. The Morgan fingerprint density at radius 1 is 1.30 bits per heavy atom. The van der Waals surface area contributed by atoms with Gasteiger partial charge in [-0.05, 0) is 39.8 Å². The molecule has 2 rings (SSSR count). The lowest BCUT2D eigenvalue weighted by Gasteiger charge is -2.25. The SMILES string of the molecule is C[C@H](N[S+]([O-])C(C)(C)C)c1cnc(-c2ccccn2)s1. The Hall–Kier alpha value is -0.950. The van der Waals surface area contributed by atoms with Crippen LogP contribution in [0, 0.1) is 0 Å². The molecule has 20 heavy (non-hydrogen) atoms. The first-order valence-corrected chi connectivity index (χ1v) is 8.40. The molecule has 108 valence electrons. The van der Waals surface area contributed by atoms with Gasteiger partial charge in [0.2, 0.25) is 0 Å². The Kier molecular flexibility index (Phi) is 4.80. The Bertz CT molecular complexity index is 551. The lowest BCUT2D eigenvalue weighted by atomic mass is 10.3. The van der Waals surface area contributed by atoms with Gasteiger partial charge in [0.25, 0.3) is 0 Å². The molecule has 0 fully saturated rings. The van der Waals surface area contributed by atoms with E-state index in [0.717, 1.165) is 15.6 Å². The van der Waals surface area contributed by atoms with Crippen LogP contribution in [0.4, 0.5) is 0 Å². The Labute approximate surface area is 127 Å². The van der Waals surface area contributed by atoms with E-state index in [1.807, 2.05) is 52.1 Å². The van der Waals surface area contributed by atoms with E-state index in [1.54, 1.807) is 17.5 Å². The number of aromatic nitrogens is 2. The highest BCUT2D eigenvalue weighted by molar-refractivity contribution is 7.90. The Morgan fingerprint density at radius 2 is 2.05 bits per heavy atom. The van der Waals surface area contributed by atoms with E-state index < -0.39 is 11.4 Å². The first-order valence-electron chi connectivity index (χ1n) is 6.43. The fourth-order valence-corrected chi connectivity index (χ4v) is 3.26. The van der Waals surface area contributed by atoms with Crippen LogP contribution in [0.3, 0.4) is 0 Å². The molecule has 0 bridgehead atoms. The fraction of sp³-hybridized carbons (Fsp3) is 0.429. The van der Waals surface area contributed by atoms with Crippen LogP contribution in [0.5, 0.6) is 0 Å². The van der Waals surface area contributed by atoms with Crippen molar-refractivity contribution in [2.75, 3.05) is 0 Å². The molecule has 0 aliphatic carbocycles. The monoisotopic (exact) mass is 309 g/mol. The molecule has 0 saturated heterocycles. The molecule has 0 aliphatic rings. The summed E-state index contributed by atoms with van der Waals surface area (Å²) in [5, 5.41) is 0.885. The van der Waals surface area contributed by atoms with Gasteiger partial charge in [0, 0.05) is 28.6 Å². The predicted octanol–water partition coefficient (Wildman–Crippen LogP) is 3.32. The second kappa shape index (κ2) is 6.22. The molecule has 0 aromatic carbocycles. The van der Waals surface area contributed by atoms with Crippen molar-refractivity contribution in [3.63, 3.8) is 0 Å². The highest BCUT2D eigenvalue weighted by atomic mass is 32.2. The molecule has 0 amide bonds. The van der Waals surface area contributed by atoms with Gasteiger partial charge < -0.3 is 4.55 Å². The van der Waals surface area contributed by atoms with Crippen molar-refractivity contribution in [3.8, 4) is 10.7 Å². The number of hydrogen-bond donors (Lipinski definition) is 1. The maximum atomic E-state index is 12.1. The minimum atomic E-state index is -1.09. The van der Waals surface area contributed by atoms with Crippen molar-refractivity contribution in [1.29, 1.82) is 0 Å². The number of rotatable bonds is 4. The summed E-state index contributed by atoms with van der Waals surface area (Å²) in [7, 11) is 0. The fourth-order valence-electron chi connectivity index (χ4n) is 1.49. The van der Waals surface area contributed by atoms with Gasteiger partial charge in [0.15, 0.2) is 0 Å². The molecule has 4 nitrogen and oxygen atoms in total. The lowest BCUT2D eigenvalue weighted by molar-refractivity contribution is 0.532. The molecule has 0 spiro atoms. The lowest BCUT2D eigenvalue weighted by Crippen LogP contribution is -2.40. The van der Waals surface area contributed by atoms with Gasteiger partial charge in [0.1, 0.15) is 9.75 Å². The summed E-state index contributed by atoms with van der Waals surface area (Å²) in [5.41, 5.74) is 0.868. The molecular weight excluding hydrogens is 290 g/mol. The number of hydrogen-bond acceptors (Lipinski definition) is 5. The van der Waals surface area contributed by atoms with Crippen LogP contribution in [0.1, 0.15) is 38.6 Å². The molecular formula is C14H19N3OS2. The quantitative estimate of drug-likeness (QED) is 0.880. The summed E-state index contributed by atoms with van der Waals surface area (Å²) in [5.74, 6) is 0. The van der Waals surface area contributed by atoms with Crippen LogP contribution in [0.2, 0.25) is 0 Å². The molecule has 0 saturated carbocycles. The van der Waals surface area contributed by atoms with Crippen LogP contribution in [0.15, 0.2) is 30.6 Å². The average molecular weight is 309 g/mol. The molecule has 1 unspecified atom stereocenters. The second-order valence-electron chi connectivity index (χ2n) is 5.50. The number of nitrogens with one attached hydrogen (secondary N) is 1. The largest absolute Gasteiger partial charge is 0.598 e. The van der Waals surface area contributed by atoms with Gasteiger partial charge in [-0.1, -0.05) is 6.07 Å². The van der Waals surface area contributed by atoms with E-state index in [4.69, 9.17) is 0 Å². The zero-order valence-electron chi connectivity index (χ0n) is 12.1. The molecule has 0 radical (unpaired) electrons. The van der Waals surface area contributed by atoms with Crippen LogP contribution in [0.25, 0.3) is 10.7 Å². The first-order chi connectivity index (χ1) is 9.38. The van der Waals surface area contributed by atoms with E-state index in [0.29, 0.717) is 0 Å². The van der Waals surface area contributed by atoms with Crippen LogP contribution < -0.4 is 4.72 Å². The standard InChI is InChI=1S/C14H19N3OS2/c1-10(17-20(18)14(2,3)4)12-9-16-13(19-12)11-7-5-6-8-15-11/h5-10,17H,1-4H3/t10-,20?/m0/s1. The summed E-state index contributed by atoms with van der Waals surface area (Å²) in [6, 6.07) is 5.77. The zero-order chi connectivity index (χ0) is 14.8. The highest BCUT2D eigenvalue weighted by Crippen LogP contribution is 2.28. The maximum absolute atomic E-state index is 12.1. The van der Waals surface area contributed by atoms with Crippen molar-refractivity contribution in [3.05, 3.63) is 35.5 Å². The third-order valence-corrected chi connectivity index (χ3v) is 5.56. The van der Waals surface area contributed by atoms with E-state index in [9.17, 15) is 4.55 Å². The number of thiazole rings is 1. The van der Waals surface area contributed by atoms with Gasteiger partial charge in [-0.2, -0.15) is 0 Å². The minimum absolute atomic E-state index is 0.00465. The normalized spacial score (nSPS) is 15.1. The summed E-state index contributed by atoms with van der Waals surface area (Å²) >= 11 is 0.486. The van der Waals surface area contributed by atoms with Gasteiger partial charge in [-0.3, -0.25) is 4.98 Å². The summed E-state index contributed by atoms with van der Waals surface area (Å²) in [6.07, 6.45) is 3.58. The number of nitrogens with zero attached hydrogens (tertiary/aromatic N) is 2. The van der Waals surface area contributed by atoms with Crippen molar-refractivity contribution in [1.82, 2.24) is 14.7 Å². The zero-order valence-corrected chi connectivity index (χ0v) is 13.7. The molecule has 2 aromatic heterocycles. The van der Waals surface area contributed by atoms with Crippen molar-refractivity contribution < 1.29 is 4.55 Å². The van der Waals surface area contributed by atoms with Crippen molar-refractivity contribution in [2.24, 2.45) is 0 Å². The van der Waals surface area contributed by atoms with Gasteiger partial charge in [0.05, 0.1) is 11.7 Å². The highest BCUT2D eigenvalue weighted by Gasteiger charge is 2.28. The third-order valence-electron chi connectivity index (χ3n) is 2.67. The summed E-state index contributed by atoms with van der Waals surface area (Å²) < 4.78 is 14.9.